The Morgan fingerprint density at radius 1 is 1.05 bits per heavy atom. The molecule has 0 aliphatic rings. The molecule has 0 bridgehead atoms. The van der Waals surface area contributed by atoms with Crippen LogP contribution >= 0.6 is 11.6 Å². The minimum Gasteiger partial charge on any atom is -0.345 e. The van der Waals surface area contributed by atoms with Gasteiger partial charge in [-0.25, -0.2) is 0 Å². The van der Waals surface area contributed by atoms with Gasteiger partial charge in [0.25, 0.3) is 0 Å². The molecule has 106 valence electrons. The predicted molar refractivity (Wildman–Crippen MR) is 87.9 cm³/mol. The monoisotopic (exact) mass is 288 g/mol. The second kappa shape index (κ2) is 6.78. The number of halogens is 1. The second-order valence-electron chi connectivity index (χ2n) is 5.21. The van der Waals surface area contributed by atoms with Crippen molar-refractivity contribution in [2.45, 2.75) is 26.4 Å². The summed E-state index contributed by atoms with van der Waals surface area (Å²) in [6.45, 7) is 5.06. The second-order valence-corrected chi connectivity index (χ2v) is 5.61. The summed E-state index contributed by atoms with van der Waals surface area (Å²) < 4.78 is 0. The summed E-state index contributed by atoms with van der Waals surface area (Å²) in [4.78, 5) is 2.13. The molecule has 2 aromatic rings. The highest BCUT2D eigenvalue weighted by Crippen LogP contribution is 2.27. The van der Waals surface area contributed by atoms with E-state index in [2.05, 4.69) is 48.3 Å². The minimum absolute atomic E-state index is 0.456. The molecule has 2 aromatic carbocycles. The SMILES string of the molecule is CC(C)NCc1ccc(N(C)c2ccccc2)cc1Cl. The number of nitrogens with one attached hydrogen (secondary N) is 1. The van der Waals surface area contributed by atoms with Crippen LogP contribution in [0, 0.1) is 0 Å². The fourth-order valence-electron chi connectivity index (χ4n) is 2.00. The third kappa shape index (κ3) is 3.75. The summed E-state index contributed by atoms with van der Waals surface area (Å²) >= 11 is 6.38. The molecule has 0 saturated carbocycles. The van der Waals surface area contributed by atoms with Gasteiger partial charge in [-0.05, 0) is 29.8 Å². The molecule has 1 N–H and O–H groups in total. The van der Waals surface area contributed by atoms with Gasteiger partial charge in [-0.3, -0.25) is 0 Å². The highest BCUT2D eigenvalue weighted by molar-refractivity contribution is 6.31. The maximum absolute atomic E-state index is 6.38. The third-order valence-electron chi connectivity index (χ3n) is 3.27. The van der Waals surface area contributed by atoms with E-state index in [9.17, 15) is 0 Å². The van der Waals surface area contributed by atoms with Crippen molar-refractivity contribution in [2.75, 3.05) is 11.9 Å². The lowest BCUT2D eigenvalue weighted by Gasteiger charge is -2.20. The largest absolute Gasteiger partial charge is 0.345 e. The van der Waals surface area contributed by atoms with Crippen LogP contribution in [0.15, 0.2) is 48.5 Å². The molecule has 0 spiro atoms. The summed E-state index contributed by atoms with van der Waals surface area (Å²) in [5.41, 5.74) is 3.37. The van der Waals surface area contributed by atoms with Crippen LogP contribution in [-0.2, 0) is 6.54 Å². The van der Waals surface area contributed by atoms with E-state index in [4.69, 9.17) is 11.6 Å². The fraction of sp³-hybridized carbons (Fsp3) is 0.294. The van der Waals surface area contributed by atoms with Gasteiger partial charge in [-0.1, -0.05) is 49.7 Å². The Kier molecular flexibility index (Phi) is 5.05. The number of anilines is 2. The van der Waals surface area contributed by atoms with E-state index in [0.29, 0.717) is 6.04 Å². The van der Waals surface area contributed by atoms with Gasteiger partial charge in [0.1, 0.15) is 0 Å². The first-order chi connectivity index (χ1) is 9.58. The molecule has 2 nitrogen and oxygen atoms in total. The summed E-state index contributed by atoms with van der Waals surface area (Å²) in [5, 5.41) is 4.19. The topological polar surface area (TPSA) is 15.3 Å². The zero-order chi connectivity index (χ0) is 14.5. The molecule has 0 unspecified atom stereocenters. The Morgan fingerprint density at radius 2 is 1.75 bits per heavy atom. The van der Waals surface area contributed by atoms with Crippen molar-refractivity contribution >= 4 is 23.0 Å². The van der Waals surface area contributed by atoms with Crippen molar-refractivity contribution in [1.29, 1.82) is 0 Å². The molecule has 20 heavy (non-hydrogen) atoms. The smallest absolute Gasteiger partial charge is 0.0471 e. The van der Waals surface area contributed by atoms with Gasteiger partial charge in [-0.2, -0.15) is 0 Å². The summed E-state index contributed by atoms with van der Waals surface area (Å²) in [6.07, 6.45) is 0. The Morgan fingerprint density at radius 3 is 2.35 bits per heavy atom. The van der Waals surface area contributed by atoms with Gasteiger partial charge in [0, 0.05) is 36.0 Å². The lowest BCUT2D eigenvalue weighted by atomic mass is 10.1. The molecule has 0 radical (unpaired) electrons. The Bertz CT molecular complexity index is 552. The number of rotatable bonds is 5. The van der Waals surface area contributed by atoms with Crippen LogP contribution in [0.5, 0.6) is 0 Å². The minimum atomic E-state index is 0.456. The number of hydrogen-bond acceptors (Lipinski definition) is 2. The molecule has 0 fully saturated rings. The van der Waals surface area contributed by atoms with E-state index >= 15 is 0 Å². The van der Waals surface area contributed by atoms with Gasteiger partial charge in [0.05, 0.1) is 0 Å². The van der Waals surface area contributed by atoms with Crippen LogP contribution in [0.2, 0.25) is 5.02 Å². The van der Waals surface area contributed by atoms with E-state index in [1.165, 1.54) is 0 Å². The van der Waals surface area contributed by atoms with Crippen molar-refractivity contribution in [3.8, 4) is 0 Å². The molecular formula is C17H21ClN2. The zero-order valence-electron chi connectivity index (χ0n) is 12.2. The molecule has 0 saturated heterocycles. The average Bonchev–Trinajstić information content (AvgIpc) is 2.46. The van der Waals surface area contributed by atoms with E-state index < -0.39 is 0 Å². The van der Waals surface area contributed by atoms with E-state index in [-0.39, 0.29) is 0 Å². The number of benzene rings is 2. The van der Waals surface area contributed by atoms with E-state index in [1.807, 2.05) is 31.3 Å². The first-order valence-corrected chi connectivity index (χ1v) is 7.26. The third-order valence-corrected chi connectivity index (χ3v) is 3.62. The van der Waals surface area contributed by atoms with Crippen LogP contribution in [0.25, 0.3) is 0 Å². The summed E-state index contributed by atoms with van der Waals surface area (Å²) in [7, 11) is 2.05. The maximum Gasteiger partial charge on any atom is 0.0471 e. The van der Waals surface area contributed by atoms with Crippen molar-refractivity contribution in [3.63, 3.8) is 0 Å². The van der Waals surface area contributed by atoms with Crippen LogP contribution in [0.4, 0.5) is 11.4 Å². The fourth-order valence-corrected chi connectivity index (χ4v) is 2.24. The molecule has 0 heterocycles. The molecular weight excluding hydrogens is 268 g/mol. The first-order valence-electron chi connectivity index (χ1n) is 6.88. The van der Waals surface area contributed by atoms with Gasteiger partial charge in [0.15, 0.2) is 0 Å². The van der Waals surface area contributed by atoms with Crippen LogP contribution in [0.3, 0.4) is 0 Å². The van der Waals surface area contributed by atoms with Gasteiger partial charge in [0.2, 0.25) is 0 Å². The molecule has 0 aliphatic heterocycles. The van der Waals surface area contributed by atoms with Crippen LogP contribution < -0.4 is 10.2 Å². The van der Waals surface area contributed by atoms with E-state index in [1.54, 1.807) is 0 Å². The normalized spacial score (nSPS) is 10.8. The van der Waals surface area contributed by atoms with Gasteiger partial charge < -0.3 is 10.2 Å². The van der Waals surface area contributed by atoms with Crippen LogP contribution in [0.1, 0.15) is 19.4 Å². The van der Waals surface area contributed by atoms with E-state index in [0.717, 1.165) is 28.5 Å². The Labute approximate surface area is 126 Å². The number of para-hydroxylation sites is 1. The maximum atomic E-state index is 6.38. The van der Waals surface area contributed by atoms with Crippen molar-refractivity contribution < 1.29 is 0 Å². The van der Waals surface area contributed by atoms with Crippen molar-refractivity contribution in [3.05, 3.63) is 59.1 Å². The number of nitrogens with zero attached hydrogens (tertiary/aromatic N) is 1. The Balaban J connectivity index is 2.16. The van der Waals surface area contributed by atoms with Gasteiger partial charge in [-0.15, -0.1) is 0 Å². The highest BCUT2D eigenvalue weighted by atomic mass is 35.5. The molecule has 0 amide bonds. The molecule has 0 aliphatic carbocycles. The summed E-state index contributed by atoms with van der Waals surface area (Å²) in [6, 6.07) is 16.9. The standard InChI is InChI=1S/C17H21ClN2/c1-13(2)19-12-14-9-10-16(11-17(14)18)20(3)15-7-5-4-6-8-15/h4-11,13,19H,12H2,1-3H3. The summed E-state index contributed by atoms with van der Waals surface area (Å²) in [5.74, 6) is 0. The lowest BCUT2D eigenvalue weighted by Crippen LogP contribution is -2.22. The molecule has 3 heteroatoms. The van der Waals surface area contributed by atoms with Crippen LogP contribution in [-0.4, -0.2) is 13.1 Å². The number of hydrogen-bond donors (Lipinski definition) is 1. The van der Waals surface area contributed by atoms with Crippen molar-refractivity contribution in [1.82, 2.24) is 5.32 Å². The Hall–Kier alpha value is -1.51. The highest BCUT2D eigenvalue weighted by Gasteiger charge is 2.07. The van der Waals surface area contributed by atoms with Crippen molar-refractivity contribution in [2.24, 2.45) is 0 Å². The quantitative estimate of drug-likeness (QED) is 0.864. The molecule has 0 atom stereocenters. The average molecular weight is 289 g/mol. The predicted octanol–water partition coefficient (Wildman–Crippen LogP) is 4.61. The first kappa shape index (κ1) is 14.9. The zero-order valence-corrected chi connectivity index (χ0v) is 13.0. The lowest BCUT2D eigenvalue weighted by molar-refractivity contribution is 0.589. The molecule has 0 aromatic heterocycles. The van der Waals surface area contributed by atoms with Gasteiger partial charge >= 0.3 is 0 Å². The molecule has 2 rings (SSSR count).